The van der Waals surface area contributed by atoms with Gasteiger partial charge in [0.2, 0.25) is 0 Å². The maximum atomic E-state index is 5.69. The number of nitrogens with one attached hydrogen (secondary N) is 1. The Morgan fingerprint density at radius 3 is 2.53 bits per heavy atom. The summed E-state index contributed by atoms with van der Waals surface area (Å²) < 4.78 is 7.54. The van der Waals surface area contributed by atoms with Crippen LogP contribution in [0.1, 0.15) is 25.2 Å². The molecule has 0 aromatic carbocycles. The van der Waals surface area contributed by atoms with E-state index in [1.807, 2.05) is 25.6 Å². The van der Waals surface area contributed by atoms with Crippen LogP contribution in [0.4, 0.5) is 0 Å². The summed E-state index contributed by atoms with van der Waals surface area (Å²) in [7, 11) is 1.93. The molecule has 0 amide bonds. The maximum Gasteiger partial charge on any atom is 0.163 e. The van der Waals surface area contributed by atoms with Gasteiger partial charge in [-0.15, -0.1) is 0 Å². The summed E-state index contributed by atoms with van der Waals surface area (Å²) in [4.78, 5) is 0. The van der Waals surface area contributed by atoms with Gasteiger partial charge >= 0.3 is 0 Å². The third-order valence-corrected chi connectivity index (χ3v) is 2.34. The molecule has 0 unspecified atom stereocenters. The van der Waals surface area contributed by atoms with Crippen molar-refractivity contribution in [3.8, 4) is 5.75 Å². The van der Waals surface area contributed by atoms with E-state index in [1.165, 1.54) is 0 Å². The molecular formula is C11H21N3O. The number of rotatable bonds is 5. The monoisotopic (exact) mass is 211 g/mol. The molecule has 4 heteroatoms. The van der Waals surface area contributed by atoms with Crippen LogP contribution in [0.2, 0.25) is 0 Å². The zero-order valence-corrected chi connectivity index (χ0v) is 10.3. The van der Waals surface area contributed by atoms with Crippen molar-refractivity contribution in [2.45, 2.75) is 33.7 Å². The zero-order chi connectivity index (χ0) is 11.4. The van der Waals surface area contributed by atoms with Crippen LogP contribution in [0, 0.1) is 13.8 Å². The average Bonchev–Trinajstić information content (AvgIpc) is 2.37. The van der Waals surface area contributed by atoms with E-state index >= 15 is 0 Å². The molecule has 0 bridgehead atoms. The molecule has 1 aromatic heterocycles. The number of hydrogen-bond acceptors (Lipinski definition) is 3. The number of hydrogen-bond donors (Lipinski definition) is 1. The van der Waals surface area contributed by atoms with Crippen LogP contribution >= 0.6 is 0 Å². The minimum absolute atomic E-state index is 0.504. The van der Waals surface area contributed by atoms with Crippen molar-refractivity contribution >= 4 is 0 Å². The second kappa shape index (κ2) is 5.16. The first kappa shape index (κ1) is 12.0. The van der Waals surface area contributed by atoms with Crippen LogP contribution in [-0.4, -0.2) is 29.0 Å². The molecule has 0 saturated carbocycles. The fourth-order valence-corrected chi connectivity index (χ4v) is 1.46. The third-order valence-electron chi connectivity index (χ3n) is 2.34. The van der Waals surface area contributed by atoms with Gasteiger partial charge in [0.25, 0.3) is 0 Å². The van der Waals surface area contributed by atoms with Gasteiger partial charge < -0.3 is 10.1 Å². The van der Waals surface area contributed by atoms with Crippen LogP contribution < -0.4 is 10.1 Å². The normalized spacial score (nSPS) is 11.1. The van der Waals surface area contributed by atoms with Crippen molar-refractivity contribution in [1.29, 1.82) is 0 Å². The van der Waals surface area contributed by atoms with E-state index in [-0.39, 0.29) is 0 Å². The van der Waals surface area contributed by atoms with Crippen molar-refractivity contribution in [3.05, 3.63) is 11.4 Å². The molecule has 0 radical (unpaired) electrons. The molecule has 4 nitrogen and oxygen atoms in total. The van der Waals surface area contributed by atoms with Gasteiger partial charge in [-0.05, 0) is 13.8 Å². The molecule has 0 aliphatic rings. The van der Waals surface area contributed by atoms with E-state index in [0.717, 1.165) is 23.7 Å². The topological polar surface area (TPSA) is 39.1 Å². The molecule has 1 rings (SSSR count). The second-order valence-electron chi connectivity index (χ2n) is 4.08. The average molecular weight is 211 g/mol. The largest absolute Gasteiger partial charge is 0.488 e. The van der Waals surface area contributed by atoms with E-state index in [2.05, 4.69) is 24.3 Å². The van der Waals surface area contributed by atoms with Gasteiger partial charge in [0.15, 0.2) is 5.75 Å². The van der Waals surface area contributed by atoms with Crippen LogP contribution in [-0.2, 0) is 7.05 Å². The minimum Gasteiger partial charge on any atom is -0.488 e. The predicted octanol–water partition coefficient (Wildman–Crippen LogP) is 1.41. The summed E-state index contributed by atoms with van der Waals surface area (Å²) in [6.45, 7) is 9.79. The second-order valence-corrected chi connectivity index (χ2v) is 4.08. The molecule has 0 aliphatic carbocycles. The van der Waals surface area contributed by atoms with Crippen LogP contribution in [0.5, 0.6) is 5.75 Å². The molecule has 0 atom stereocenters. The van der Waals surface area contributed by atoms with Crippen LogP contribution in [0.15, 0.2) is 0 Å². The highest BCUT2D eigenvalue weighted by Crippen LogP contribution is 2.20. The molecule has 1 heterocycles. The van der Waals surface area contributed by atoms with E-state index in [9.17, 15) is 0 Å². The molecular weight excluding hydrogens is 190 g/mol. The molecule has 0 aliphatic heterocycles. The Bertz CT molecular complexity index is 318. The molecule has 0 fully saturated rings. The molecule has 1 aromatic rings. The predicted molar refractivity (Wildman–Crippen MR) is 61.3 cm³/mol. The fourth-order valence-electron chi connectivity index (χ4n) is 1.46. The summed E-state index contributed by atoms with van der Waals surface area (Å²) in [5.74, 6) is 0.919. The first-order valence-corrected chi connectivity index (χ1v) is 5.38. The van der Waals surface area contributed by atoms with E-state index < -0.39 is 0 Å². The number of aryl methyl sites for hydroxylation is 2. The van der Waals surface area contributed by atoms with Crippen LogP contribution in [0.3, 0.4) is 0 Å². The SMILES string of the molecule is Cc1nn(C)c(C)c1OCCNC(C)C. The van der Waals surface area contributed by atoms with Crippen molar-refractivity contribution in [2.24, 2.45) is 7.05 Å². The summed E-state index contributed by atoms with van der Waals surface area (Å²) in [5, 5.41) is 7.60. The quantitative estimate of drug-likeness (QED) is 0.749. The number of ether oxygens (including phenoxy) is 1. The third kappa shape index (κ3) is 3.23. The van der Waals surface area contributed by atoms with Gasteiger partial charge in [0, 0.05) is 19.6 Å². The Hall–Kier alpha value is -1.03. The molecule has 86 valence electrons. The van der Waals surface area contributed by atoms with E-state index in [4.69, 9.17) is 4.74 Å². The molecule has 15 heavy (non-hydrogen) atoms. The van der Waals surface area contributed by atoms with Crippen molar-refractivity contribution in [2.75, 3.05) is 13.2 Å². The van der Waals surface area contributed by atoms with Gasteiger partial charge in [-0.25, -0.2) is 0 Å². The highest BCUT2D eigenvalue weighted by molar-refractivity contribution is 5.31. The summed E-state index contributed by atoms with van der Waals surface area (Å²) in [5.41, 5.74) is 2.04. The van der Waals surface area contributed by atoms with Crippen molar-refractivity contribution in [3.63, 3.8) is 0 Å². The first-order valence-electron chi connectivity index (χ1n) is 5.38. The smallest absolute Gasteiger partial charge is 0.163 e. The summed E-state index contributed by atoms with van der Waals surface area (Å²) in [6, 6.07) is 0.504. The van der Waals surface area contributed by atoms with Gasteiger partial charge in [0.1, 0.15) is 12.3 Å². The lowest BCUT2D eigenvalue weighted by atomic mass is 10.3. The van der Waals surface area contributed by atoms with E-state index in [1.54, 1.807) is 0 Å². The minimum atomic E-state index is 0.504. The Labute approximate surface area is 91.6 Å². The molecule has 0 saturated heterocycles. The standard InChI is InChI=1S/C11H21N3O/c1-8(2)12-6-7-15-11-9(3)13-14(5)10(11)4/h8,12H,6-7H2,1-5H3. The van der Waals surface area contributed by atoms with Gasteiger partial charge in [-0.3, -0.25) is 4.68 Å². The Kier molecular flexibility index (Phi) is 4.15. The van der Waals surface area contributed by atoms with Gasteiger partial charge in [-0.1, -0.05) is 13.8 Å². The zero-order valence-electron chi connectivity index (χ0n) is 10.3. The summed E-state index contributed by atoms with van der Waals surface area (Å²) >= 11 is 0. The Morgan fingerprint density at radius 2 is 2.07 bits per heavy atom. The lowest BCUT2D eigenvalue weighted by Gasteiger charge is -2.09. The first-order chi connectivity index (χ1) is 7.02. The lowest BCUT2D eigenvalue weighted by Crippen LogP contribution is -2.27. The lowest BCUT2D eigenvalue weighted by molar-refractivity contribution is 0.305. The van der Waals surface area contributed by atoms with Gasteiger partial charge in [-0.2, -0.15) is 5.10 Å². The number of nitrogens with zero attached hydrogens (tertiary/aromatic N) is 2. The molecule has 0 spiro atoms. The Morgan fingerprint density at radius 1 is 1.40 bits per heavy atom. The van der Waals surface area contributed by atoms with Crippen molar-refractivity contribution < 1.29 is 4.74 Å². The summed E-state index contributed by atoms with van der Waals surface area (Å²) in [6.07, 6.45) is 0. The fraction of sp³-hybridized carbons (Fsp3) is 0.727. The molecule has 1 N–H and O–H groups in total. The van der Waals surface area contributed by atoms with E-state index in [0.29, 0.717) is 12.6 Å². The maximum absolute atomic E-state index is 5.69. The Balaban J connectivity index is 2.44. The van der Waals surface area contributed by atoms with Gasteiger partial charge in [0.05, 0.1) is 5.69 Å². The van der Waals surface area contributed by atoms with Crippen molar-refractivity contribution in [1.82, 2.24) is 15.1 Å². The van der Waals surface area contributed by atoms with Crippen LogP contribution in [0.25, 0.3) is 0 Å². The number of aromatic nitrogens is 2. The highest BCUT2D eigenvalue weighted by atomic mass is 16.5. The highest BCUT2D eigenvalue weighted by Gasteiger charge is 2.09.